The summed E-state index contributed by atoms with van der Waals surface area (Å²) in [4.78, 5) is 23.2. The summed E-state index contributed by atoms with van der Waals surface area (Å²) in [5.74, 6) is 1.06. The molecule has 3 aliphatic rings. The molecule has 7 nitrogen and oxygen atoms in total. The van der Waals surface area contributed by atoms with Crippen molar-refractivity contribution in [2.45, 2.75) is 32.2 Å². The number of hydrogen-bond acceptors (Lipinski definition) is 6. The highest BCUT2D eigenvalue weighted by atomic mass is 35.5. The van der Waals surface area contributed by atoms with Gasteiger partial charge in [-0.2, -0.15) is 13.2 Å². The lowest BCUT2D eigenvalue weighted by molar-refractivity contribution is -0.137. The van der Waals surface area contributed by atoms with Crippen molar-refractivity contribution in [2.75, 3.05) is 24.3 Å². The number of nitrogens with two attached hydrogens (primary N) is 1. The second kappa shape index (κ2) is 7.48. The molecule has 3 atom stereocenters. The van der Waals surface area contributed by atoms with Gasteiger partial charge in [0.25, 0.3) is 0 Å². The van der Waals surface area contributed by atoms with Crippen LogP contribution in [-0.4, -0.2) is 34.0 Å². The number of hydrogen-bond donors (Lipinski definition) is 2. The molecule has 2 aliphatic heterocycles. The fourth-order valence-electron chi connectivity index (χ4n) is 4.70. The summed E-state index contributed by atoms with van der Waals surface area (Å²) in [5, 5.41) is 3.14. The second-order valence-corrected chi connectivity index (χ2v) is 8.94. The molecular weight excluding hydrogens is 447 g/mol. The summed E-state index contributed by atoms with van der Waals surface area (Å²) in [6.45, 7) is 3.60. The van der Waals surface area contributed by atoms with Crippen LogP contribution in [0.1, 0.15) is 35.3 Å². The number of anilines is 2. The predicted molar refractivity (Wildman–Crippen MR) is 110 cm³/mol. The molecule has 0 bridgehead atoms. The van der Waals surface area contributed by atoms with E-state index >= 15 is 0 Å². The number of alkyl halides is 3. The Labute approximate surface area is 187 Å². The topological polar surface area (TPSA) is 93.4 Å². The molecule has 3 N–H and O–H groups in total. The number of halogens is 4. The lowest BCUT2D eigenvalue weighted by atomic mass is 10.0. The predicted octanol–water partition coefficient (Wildman–Crippen LogP) is 3.64. The molecule has 1 amide bonds. The third kappa shape index (κ3) is 3.75. The van der Waals surface area contributed by atoms with Crippen LogP contribution in [0.3, 0.4) is 0 Å². The number of benzene rings is 1. The van der Waals surface area contributed by atoms with Crippen LogP contribution >= 0.6 is 11.6 Å². The smallest absolute Gasteiger partial charge is 0.399 e. The van der Waals surface area contributed by atoms with Gasteiger partial charge in [-0.15, -0.1) is 0 Å². The van der Waals surface area contributed by atoms with E-state index in [0.717, 1.165) is 17.7 Å². The van der Waals surface area contributed by atoms with Crippen molar-refractivity contribution < 1.29 is 22.7 Å². The summed E-state index contributed by atoms with van der Waals surface area (Å²) in [7, 11) is 0. The highest BCUT2D eigenvalue weighted by Gasteiger charge is 2.59. The van der Waals surface area contributed by atoms with Gasteiger partial charge in [-0.1, -0.05) is 0 Å². The van der Waals surface area contributed by atoms with E-state index in [1.165, 1.54) is 6.07 Å². The molecule has 3 heterocycles. The van der Waals surface area contributed by atoms with Crippen LogP contribution < -0.4 is 11.1 Å². The van der Waals surface area contributed by atoms with Crippen molar-refractivity contribution in [1.29, 1.82) is 0 Å². The van der Waals surface area contributed by atoms with Gasteiger partial charge in [0.2, 0.25) is 11.2 Å². The second-order valence-electron chi connectivity index (χ2n) is 8.60. The van der Waals surface area contributed by atoms with Crippen LogP contribution in [0, 0.1) is 17.8 Å². The average molecular weight is 468 g/mol. The Hall–Kier alpha value is -2.59. The minimum atomic E-state index is -4.50. The van der Waals surface area contributed by atoms with E-state index in [1.54, 1.807) is 11.8 Å². The van der Waals surface area contributed by atoms with Crippen LogP contribution in [0.2, 0.25) is 5.28 Å². The van der Waals surface area contributed by atoms with Gasteiger partial charge in [0, 0.05) is 17.2 Å². The van der Waals surface area contributed by atoms with E-state index in [9.17, 15) is 18.0 Å². The zero-order valence-electron chi connectivity index (χ0n) is 17.1. The largest absolute Gasteiger partial charge is 0.416 e. The van der Waals surface area contributed by atoms with Crippen LogP contribution in [0.5, 0.6) is 0 Å². The molecule has 5 rings (SSSR count). The maximum Gasteiger partial charge on any atom is 0.416 e. The Balaban J connectivity index is 1.36. The van der Waals surface area contributed by atoms with Crippen molar-refractivity contribution in [1.82, 2.24) is 14.9 Å². The molecule has 2 fully saturated rings. The number of nitrogens with one attached hydrogen (secondary N) is 1. The quantitative estimate of drug-likeness (QED) is 0.527. The van der Waals surface area contributed by atoms with Gasteiger partial charge in [-0.3, -0.25) is 4.79 Å². The first kappa shape index (κ1) is 21.3. The van der Waals surface area contributed by atoms with Crippen molar-refractivity contribution >= 4 is 29.0 Å². The van der Waals surface area contributed by atoms with Crippen molar-refractivity contribution in [3.05, 3.63) is 45.9 Å². The standard InChI is InChI=1S/C21H21ClF3N5O2/c1-9(10-2-11(21(23,24)25)4-12(26)3-10)27-18-13-5-30(6-16(13)28-20(22)29-18)19(31)17-14-7-32-8-15(14)17/h2-4,9,14-15,17H,5-8,26H2,1H3,(H,27,28,29)/t9-,14?,15?,17?/m1/s1. The van der Waals surface area contributed by atoms with Crippen LogP contribution in [-0.2, 0) is 28.8 Å². The third-order valence-electron chi connectivity index (χ3n) is 6.46. The van der Waals surface area contributed by atoms with Crippen LogP contribution in [0.25, 0.3) is 0 Å². The molecule has 170 valence electrons. The minimum Gasteiger partial charge on any atom is -0.399 e. The van der Waals surface area contributed by atoms with Gasteiger partial charge in [0.1, 0.15) is 5.82 Å². The minimum absolute atomic E-state index is 0.00740. The van der Waals surface area contributed by atoms with E-state index in [4.69, 9.17) is 22.1 Å². The van der Waals surface area contributed by atoms with E-state index < -0.39 is 17.8 Å². The van der Waals surface area contributed by atoms with Gasteiger partial charge in [0.15, 0.2) is 0 Å². The van der Waals surface area contributed by atoms with Gasteiger partial charge in [-0.25, -0.2) is 9.97 Å². The van der Waals surface area contributed by atoms with Gasteiger partial charge in [0.05, 0.1) is 43.6 Å². The third-order valence-corrected chi connectivity index (χ3v) is 6.63. The maximum absolute atomic E-state index is 13.2. The fourth-order valence-corrected chi connectivity index (χ4v) is 4.88. The number of rotatable bonds is 4. The average Bonchev–Trinajstić information content (AvgIpc) is 3.05. The van der Waals surface area contributed by atoms with Crippen molar-refractivity contribution in [3.63, 3.8) is 0 Å². The first-order chi connectivity index (χ1) is 15.1. The molecule has 0 spiro atoms. The lowest BCUT2D eigenvalue weighted by Crippen LogP contribution is -2.29. The highest BCUT2D eigenvalue weighted by Crippen LogP contribution is 2.52. The molecule has 0 radical (unpaired) electrons. The summed E-state index contributed by atoms with van der Waals surface area (Å²) >= 11 is 6.10. The van der Waals surface area contributed by atoms with Crippen molar-refractivity contribution in [2.24, 2.45) is 17.8 Å². The molecule has 11 heteroatoms. The number of carbonyl (C=O) groups is 1. The SMILES string of the molecule is C[C@@H](Nc1nc(Cl)nc2c1CN(C(=O)C1C3COCC31)C2)c1cc(N)cc(C(F)(F)F)c1. The normalized spacial score (nSPS) is 24.8. The molecule has 1 aliphatic carbocycles. The molecule has 2 unspecified atom stereocenters. The molecule has 1 saturated heterocycles. The number of ether oxygens (including phenoxy) is 1. The summed E-state index contributed by atoms with van der Waals surface area (Å²) in [5.41, 5.74) is 6.62. The first-order valence-electron chi connectivity index (χ1n) is 10.3. The van der Waals surface area contributed by atoms with Gasteiger partial charge >= 0.3 is 6.18 Å². The fraction of sp³-hybridized carbons (Fsp3) is 0.476. The zero-order chi connectivity index (χ0) is 22.8. The Morgan fingerprint density at radius 1 is 1.25 bits per heavy atom. The monoisotopic (exact) mass is 467 g/mol. The van der Waals surface area contributed by atoms with Gasteiger partial charge < -0.3 is 20.7 Å². The summed E-state index contributed by atoms with van der Waals surface area (Å²) in [6, 6.07) is 2.90. The first-order valence-corrected chi connectivity index (χ1v) is 10.7. The number of nitrogen functional groups attached to an aromatic ring is 1. The van der Waals surface area contributed by atoms with Crippen LogP contribution in [0.4, 0.5) is 24.7 Å². The Bertz CT molecular complexity index is 1090. The van der Waals surface area contributed by atoms with E-state index in [-0.39, 0.29) is 22.8 Å². The Kier molecular flexibility index (Phi) is 4.97. The molecule has 32 heavy (non-hydrogen) atoms. The number of aromatic nitrogens is 2. The Morgan fingerprint density at radius 3 is 2.66 bits per heavy atom. The van der Waals surface area contributed by atoms with Crippen LogP contribution in [0.15, 0.2) is 18.2 Å². The van der Waals surface area contributed by atoms with Gasteiger partial charge in [-0.05, 0) is 54.1 Å². The van der Waals surface area contributed by atoms with Crippen molar-refractivity contribution in [3.8, 4) is 0 Å². The number of nitrogens with zero attached hydrogens (tertiary/aromatic N) is 3. The lowest BCUT2D eigenvalue weighted by Gasteiger charge is -2.19. The summed E-state index contributed by atoms with van der Waals surface area (Å²) < 4.78 is 44.9. The summed E-state index contributed by atoms with van der Waals surface area (Å²) in [6.07, 6.45) is -4.50. The molecule has 1 aromatic heterocycles. The highest BCUT2D eigenvalue weighted by molar-refractivity contribution is 6.28. The zero-order valence-corrected chi connectivity index (χ0v) is 17.9. The molecule has 2 aromatic rings. The number of amides is 1. The number of fused-ring (bicyclic) bond motifs is 2. The molecular formula is C21H21ClF3N5O2. The molecule has 1 saturated carbocycles. The van der Waals surface area contributed by atoms with E-state index in [1.807, 2.05) is 0 Å². The number of carbonyl (C=O) groups excluding carboxylic acids is 1. The van der Waals surface area contributed by atoms with E-state index in [2.05, 4.69) is 15.3 Å². The maximum atomic E-state index is 13.2. The molecule has 1 aromatic carbocycles. The van der Waals surface area contributed by atoms with E-state index in [0.29, 0.717) is 55.2 Å². The Morgan fingerprint density at radius 2 is 1.97 bits per heavy atom.